The van der Waals surface area contributed by atoms with Crippen LogP contribution in [0.3, 0.4) is 0 Å². The van der Waals surface area contributed by atoms with E-state index in [4.69, 9.17) is 5.73 Å². The number of aromatic nitrogens is 1. The number of hydrogen-bond donors (Lipinski definition) is 1. The molecule has 0 spiro atoms. The van der Waals surface area contributed by atoms with E-state index in [1.54, 1.807) is 11.3 Å². The van der Waals surface area contributed by atoms with Crippen LogP contribution in [0.4, 0.5) is 0 Å². The maximum Gasteiger partial charge on any atom is 0.0938 e. The van der Waals surface area contributed by atoms with Crippen molar-refractivity contribution in [3.63, 3.8) is 0 Å². The summed E-state index contributed by atoms with van der Waals surface area (Å²) >= 11 is 5.26. The van der Waals surface area contributed by atoms with Crippen molar-refractivity contribution in [1.29, 1.82) is 0 Å². The number of fused-ring (bicyclic) bond motifs is 1. The molecular weight excluding hydrogens is 284 g/mol. The van der Waals surface area contributed by atoms with Crippen molar-refractivity contribution in [2.75, 3.05) is 6.54 Å². The summed E-state index contributed by atoms with van der Waals surface area (Å²) in [5.74, 6) is 0.582. The predicted octanol–water partition coefficient (Wildman–Crippen LogP) is 3.59. The Balaban J connectivity index is 2.13. The molecular formula is C12H15BrN2S. The van der Waals surface area contributed by atoms with Gasteiger partial charge in [0.25, 0.3) is 0 Å². The lowest BCUT2D eigenvalue weighted by molar-refractivity contribution is 0.544. The molecule has 1 aromatic heterocycles. The van der Waals surface area contributed by atoms with Crippen LogP contribution in [0.5, 0.6) is 0 Å². The van der Waals surface area contributed by atoms with Crippen molar-refractivity contribution in [1.82, 2.24) is 4.98 Å². The van der Waals surface area contributed by atoms with Gasteiger partial charge in [0.15, 0.2) is 0 Å². The predicted molar refractivity (Wildman–Crippen MR) is 73.9 cm³/mol. The van der Waals surface area contributed by atoms with Gasteiger partial charge in [-0.15, -0.1) is 11.3 Å². The highest BCUT2D eigenvalue weighted by Gasteiger charge is 2.06. The molecule has 0 saturated heterocycles. The summed E-state index contributed by atoms with van der Waals surface area (Å²) in [4.78, 5) is 4.62. The highest BCUT2D eigenvalue weighted by Crippen LogP contribution is 2.26. The molecule has 4 heteroatoms. The molecule has 1 heterocycles. The highest BCUT2D eigenvalue weighted by atomic mass is 79.9. The molecule has 1 atom stereocenters. The van der Waals surface area contributed by atoms with Gasteiger partial charge in [0.1, 0.15) is 0 Å². The first kappa shape index (κ1) is 12.0. The van der Waals surface area contributed by atoms with E-state index in [9.17, 15) is 0 Å². The minimum atomic E-state index is 0.582. The lowest BCUT2D eigenvalue weighted by Crippen LogP contribution is -2.11. The highest BCUT2D eigenvalue weighted by molar-refractivity contribution is 9.10. The quantitative estimate of drug-likeness (QED) is 0.937. The maximum atomic E-state index is 5.61. The number of nitrogens with zero attached hydrogens (tertiary/aromatic N) is 1. The molecule has 2 aromatic rings. The van der Waals surface area contributed by atoms with E-state index in [1.165, 1.54) is 9.71 Å². The second kappa shape index (κ2) is 5.25. The van der Waals surface area contributed by atoms with Gasteiger partial charge in [-0.2, -0.15) is 0 Å². The van der Waals surface area contributed by atoms with Gasteiger partial charge >= 0.3 is 0 Å². The average molecular weight is 299 g/mol. The Kier molecular flexibility index (Phi) is 3.95. The summed E-state index contributed by atoms with van der Waals surface area (Å²) in [6.45, 7) is 2.94. The summed E-state index contributed by atoms with van der Waals surface area (Å²) in [5.41, 5.74) is 6.71. The van der Waals surface area contributed by atoms with Crippen LogP contribution in [0.15, 0.2) is 22.7 Å². The summed E-state index contributed by atoms with van der Waals surface area (Å²) in [7, 11) is 0. The average Bonchev–Trinajstić information content (AvgIpc) is 2.67. The van der Waals surface area contributed by atoms with Gasteiger partial charge in [0.05, 0.1) is 15.2 Å². The molecule has 0 aliphatic carbocycles. The summed E-state index contributed by atoms with van der Waals surface area (Å²) < 4.78 is 2.37. The third-order valence-electron chi connectivity index (χ3n) is 2.65. The van der Waals surface area contributed by atoms with E-state index in [0.717, 1.165) is 29.4 Å². The van der Waals surface area contributed by atoms with Crippen molar-refractivity contribution in [2.45, 2.75) is 19.8 Å². The lowest BCUT2D eigenvalue weighted by atomic mass is 10.1. The molecule has 2 N–H and O–H groups in total. The van der Waals surface area contributed by atoms with Crippen LogP contribution < -0.4 is 5.73 Å². The Labute approximate surface area is 108 Å². The van der Waals surface area contributed by atoms with Crippen LogP contribution in [-0.2, 0) is 6.42 Å². The van der Waals surface area contributed by atoms with E-state index in [-0.39, 0.29) is 0 Å². The molecule has 1 unspecified atom stereocenters. The Hall–Kier alpha value is -0.450. The third kappa shape index (κ3) is 2.81. The minimum absolute atomic E-state index is 0.582. The van der Waals surface area contributed by atoms with Gasteiger partial charge in [0.2, 0.25) is 0 Å². The molecule has 2 nitrogen and oxygen atoms in total. The molecule has 0 amide bonds. The zero-order chi connectivity index (χ0) is 11.5. The fourth-order valence-electron chi connectivity index (χ4n) is 1.54. The van der Waals surface area contributed by atoms with E-state index >= 15 is 0 Å². The molecule has 2 rings (SSSR count). The minimum Gasteiger partial charge on any atom is -0.330 e. The molecule has 16 heavy (non-hydrogen) atoms. The van der Waals surface area contributed by atoms with Crippen LogP contribution >= 0.6 is 27.3 Å². The van der Waals surface area contributed by atoms with Crippen molar-refractivity contribution in [2.24, 2.45) is 11.7 Å². The number of thiazole rings is 1. The Morgan fingerprint density at radius 2 is 2.31 bits per heavy atom. The molecule has 0 bridgehead atoms. The van der Waals surface area contributed by atoms with Crippen LogP contribution in [0.1, 0.15) is 18.4 Å². The van der Waals surface area contributed by atoms with E-state index in [0.29, 0.717) is 5.92 Å². The van der Waals surface area contributed by atoms with Gasteiger partial charge in [-0.3, -0.25) is 0 Å². The zero-order valence-corrected chi connectivity index (χ0v) is 11.6. The smallest absolute Gasteiger partial charge is 0.0938 e. The van der Waals surface area contributed by atoms with Crippen LogP contribution in [-0.4, -0.2) is 11.5 Å². The van der Waals surface area contributed by atoms with Gasteiger partial charge in [-0.1, -0.05) is 22.9 Å². The fraction of sp³-hybridized carbons (Fsp3) is 0.417. The molecule has 0 saturated carbocycles. The number of benzene rings is 1. The molecule has 86 valence electrons. The van der Waals surface area contributed by atoms with Gasteiger partial charge < -0.3 is 5.73 Å². The van der Waals surface area contributed by atoms with Gasteiger partial charge in [-0.05, 0) is 43.5 Å². The molecule has 0 aliphatic rings. The first-order valence-corrected chi connectivity index (χ1v) is 7.05. The van der Waals surface area contributed by atoms with E-state index in [2.05, 4.69) is 40.0 Å². The monoisotopic (exact) mass is 298 g/mol. The number of aryl methyl sites for hydroxylation is 1. The van der Waals surface area contributed by atoms with Gasteiger partial charge in [0, 0.05) is 4.47 Å². The second-order valence-electron chi connectivity index (χ2n) is 4.10. The van der Waals surface area contributed by atoms with E-state index < -0.39 is 0 Å². The molecule has 0 aliphatic heterocycles. The summed E-state index contributed by atoms with van der Waals surface area (Å²) in [6, 6.07) is 6.23. The van der Waals surface area contributed by atoms with Crippen molar-refractivity contribution in [3.8, 4) is 0 Å². The Morgan fingerprint density at radius 3 is 3.06 bits per heavy atom. The van der Waals surface area contributed by atoms with Crippen LogP contribution in [0, 0.1) is 5.92 Å². The van der Waals surface area contributed by atoms with Crippen LogP contribution in [0.2, 0.25) is 0 Å². The van der Waals surface area contributed by atoms with Crippen LogP contribution in [0.25, 0.3) is 10.2 Å². The largest absolute Gasteiger partial charge is 0.330 e. The molecule has 0 fully saturated rings. The van der Waals surface area contributed by atoms with Gasteiger partial charge in [-0.25, -0.2) is 4.98 Å². The maximum absolute atomic E-state index is 5.61. The third-order valence-corrected chi connectivity index (χ3v) is 4.22. The first-order chi connectivity index (χ1) is 7.69. The second-order valence-corrected chi connectivity index (χ2v) is 6.13. The van der Waals surface area contributed by atoms with E-state index in [1.807, 2.05) is 6.07 Å². The first-order valence-electron chi connectivity index (χ1n) is 5.44. The SMILES string of the molecule is CC(CN)CCc1nc2ccc(Br)cc2s1. The molecule has 0 radical (unpaired) electrons. The lowest BCUT2D eigenvalue weighted by Gasteiger charge is -2.04. The summed E-state index contributed by atoms with van der Waals surface area (Å²) in [5, 5.41) is 1.22. The fourth-order valence-corrected chi connectivity index (χ4v) is 3.08. The van der Waals surface area contributed by atoms with Crippen molar-refractivity contribution < 1.29 is 0 Å². The Bertz CT molecular complexity index is 481. The summed E-state index contributed by atoms with van der Waals surface area (Å²) in [6.07, 6.45) is 2.16. The number of halogens is 1. The van der Waals surface area contributed by atoms with Crippen molar-refractivity contribution >= 4 is 37.5 Å². The standard InChI is InChI=1S/C12H15BrN2S/c1-8(7-14)2-5-12-15-10-4-3-9(13)6-11(10)16-12/h3-4,6,8H,2,5,7,14H2,1H3. The Morgan fingerprint density at radius 1 is 1.50 bits per heavy atom. The molecule has 1 aromatic carbocycles. The number of nitrogens with two attached hydrogens (primary N) is 1. The number of hydrogen-bond acceptors (Lipinski definition) is 3. The topological polar surface area (TPSA) is 38.9 Å². The number of rotatable bonds is 4. The van der Waals surface area contributed by atoms with Crippen molar-refractivity contribution in [3.05, 3.63) is 27.7 Å². The normalized spacial score (nSPS) is 13.2. The zero-order valence-electron chi connectivity index (χ0n) is 9.24.